The van der Waals surface area contributed by atoms with E-state index in [-0.39, 0.29) is 0 Å². The Morgan fingerprint density at radius 3 is 2.72 bits per heavy atom. The predicted octanol–water partition coefficient (Wildman–Crippen LogP) is 3.40. The molecule has 0 saturated heterocycles. The van der Waals surface area contributed by atoms with Crippen LogP contribution in [0.25, 0.3) is 0 Å². The van der Waals surface area contributed by atoms with Crippen LogP contribution in [0.1, 0.15) is 45.1 Å². The summed E-state index contributed by atoms with van der Waals surface area (Å²) in [5, 5.41) is 3.52. The molecule has 18 heavy (non-hydrogen) atoms. The Balaban J connectivity index is 2.26. The van der Waals surface area contributed by atoms with E-state index in [1.165, 1.54) is 31.2 Å². The average Bonchev–Trinajstić information content (AvgIpc) is 2.43. The van der Waals surface area contributed by atoms with Crippen LogP contribution in [-0.2, 0) is 6.54 Å². The largest absolute Gasteiger partial charge is 0.481 e. The van der Waals surface area contributed by atoms with Crippen molar-refractivity contribution >= 4 is 0 Å². The van der Waals surface area contributed by atoms with Crippen LogP contribution in [-0.4, -0.2) is 18.6 Å². The van der Waals surface area contributed by atoms with E-state index in [0.717, 1.165) is 19.0 Å². The van der Waals surface area contributed by atoms with Crippen LogP contribution in [0.4, 0.5) is 0 Å². The topological polar surface area (TPSA) is 34.1 Å². The molecular formula is C15H26N2O. The first-order chi connectivity index (χ1) is 8.80. The molecule has 0 aliphatic heterocycles. The lowest BCUT2D eigenvalue weighted by Gasteiger charge is -2.15. The van der Waals surface area contributed by atoms with E-state index in [2.05, 4.69) is 30.2 Å². The highest BCUT2D eigenvalue weighted by Gasteiger charge is 2.05. The van der Waals surface area contributed by atoms with Gasteiger partial charge in [0.05, 0.1) is 7.11 Å². The van der Waals surface area contributed by atoms with Crippen LogP contribution in [0.15, 0.2) is 18.3 Å². The van der Waals surface area contributed by atoms with Gasteiger partial charge in [-0.25, -0.2) is 4.98 Å². The van der Waals surface area contributed by atoms with Gasteiger partial charge in [0.1, 0.15) is 0 Å². The highest BCUT2D eigenvalue weighted by Crippen LogP contribution is 2.12. The third-order valence-electron chi connectivity index (χ3n) is 3.31. The number of aromatic nitrogens is 1. The molecule has 3 nitrogen and oxygen atoms in total. The Kier molecular flexibility index (Phi) is 7.42. The molecule has 0 aliphatic rings. The molecular weight excluding hydrogens is 224 g/mol. The normalized spacial score (nSPS) is 12.4. The molecule has 0 fully saturated rings. The number of hydrogen-bond acceptors (Lipinski definition) is 3. The van der Waals surface area contributed by atoms with Crippen molar-refractivity contribution in [3.05, 3.63) is 23.9 Å². The van der Waals surface area contributed by atoms with E-state index in [0.29, 0.717) is 5.88 Å². The highest BCUT2D eigenvalue weighted by molar-refractivity contribution is 5.17. The smallest absolute Gasteiger partial charge is 0.212 e. The van der Waals surface area contributed by atoms with Gasteiger partial charge < -0.3 is 10.1 Å². The molecule has 1 atom stereocenters. The zero-order valence-electron chi connectivity index (χ0n) is 11.9. The van der Waals surface area contributed by atoms with Gasteiger partial charge in [0.15, 0.2) is 0 Å². The molecule has 0 spiro atoms. The van der Waals surface area contributed by atoms with Crippen molar-refractivity contribution < 1.29 is 4.74 Å². The summed E-state index contributed by atoms with van der Waals surface area (Å²) in [7, 11) is 1.64. The lowest BCUT2D eigenvalue weighted by molar-refractivity contribution is 0.397. The van der Waals surface area contributed by atoms with Gasteiger partial charge in [-0.15, -0.1) is 0 Å². The molecule has 0 aromatic carbocycles. The minimum absolute atomic E-state index is 0.674. The van der Waals surface area contributed by atoms with Crippen molar-refractivity contribution in [3.63, 3.8) is 0 Å². The second-order valence-corrected chi connectivity index (χ2v) is 4.76. The van der Waals surface area contributed by atoms with E-state index in [1.807, 2.05) is 12.3 Å². The maximum atomic E-state index is 5.04. The van der Waals surface area contributed by atoms with E-state index in [1.54, 1.807) is 7.11 Å². The van der Waals surface area contributed by atoms with Gasteiger partial charge in [0, 0.05) is 18.8 Å². The molecule has 3 heteroatoms. The fraction of sp³-hybridized carbons (Fsp3) is 0.667. The predicted molar refractivity (Wildman–Crippen MR) is 75.8 cm³/mol. The minimum atomic E-state index is 0.674. The summed E-state index contributed by atoms with van der Waals surface area (Å²) in [4.78, 5) is 4.20. The van der Waals surface area contributed by atoms with Crippen LogP contribution in [0, 0.1) is 5.92 Å². The molecule has 1 heterocycles. The summed E-state index contributed by atoms with van der Waals surface area (Å²) < 4.78 is 5.04. The third-order valence-corrected chi connectivity index (χ3v) is 3.31. The van der Waals surface area contributed by atoms with Gasteiger partial charge >= 0.3 is 0 Å². The quantitative estimate of drug-likeness (QED) is 0.729. The van der Waals surface area contributed by atoms with Crippen LogP contribution in [0.2, 0.25) is 0 Å². The first-order valence-electron chi connectivity index (χ1n) is 6.99. The fourth-order valence-electron chi connectivity index (χ4n) is 2.00. The van der Waals surface area contributed by atoms with Gasteiger partial charge in [-0.1, -0.05) is 39.2 Å². The van der Waals surface area contributed by atoms with Crippen molar-refractivity contribution in [2.24, 2.45) is 5.92 Å². The SMILES string of the molecule is CCCCC(CC)CNCc1ccc(OC)nc1. The molecule has 1 unspecified atom stereocenters. The summed E-state index contributed by atoms with van der Waals surface area (Å²) in [6.45, 7) is 6.52. The molecule has 102 valence electrons. The first-order valence-corrected chi connectivity index (χ1v) is 6.99. The molecule has 1 aromatic heterocycles. The van der Waals surface area contributed by atoms with Crippen molar-refractivity contribution in [1.82, 2.24) is 10.3 Å². The Morgan fingerprint density at radius 2 is 2.17 bits per heavy atom. The number of hydrogen-bond donors (Lipinski definition) is 1. The van der Waals surface area contributed by atoms with Gasteiger partial charge in [0.2, 0.25) is 5.88 Å². The second kappa shape index (κ2) is 8.92. The minimum Gasteiger partial charge on any atom is -0.481 e. The summed E-state index contributed by atoms with van der Waals surface area (Å²) in [6.07, 6.45) is 7.09. The molecule has 1 rings (SSSR count). The molecule has 0 amide bonds. The molecule has 0 saturated carbocycles. The van der Waals surface area contributed by atoms with Crippen LogP contribution < -0.4 is 10.1 Å². The van der Waals surface area contributed by atoms with Gasteiger partial charge in [0.25, 0.3) is 0 Å². The summed E-state index contributed by atoms with van der Waals surface area (Å²) >= 11 is 0. The highest BCUT2D eigenvalue weighted by atomic mass is 16.5. The van der Waals surface area contributed by atoms with Gasteiger partial charge in [-0.2, -0.15) is 0 Å². The number of rotatable bonds is 9. The van der Waals surface area contributed by atoms with E-state index in [4.69, 9.17) is 4.74 Å². The van der Waals surface area contributed by atoms with Crippen LogP contribution >= 0.6 is 0 Å². The lowest BCUT2D eigenvalue weighted by atomic mass is 9.99. The lowest BCUT2D eigenvalue weighted by Crippen LogP contribution is -2.22. The van der Waals surface area contributed by atoms with E-state index < -0.39 is 0 Å². The average molecular weight is 250 g/mol. The number of methoxy groups -OCH3 is 1. The zero-order valence-corrected chi connectivity index (χ0v) is 11.9. The zero-order chi connectivity index (χ0) is 13.2. The summed E-state index contributed by atoms with van der Waals surface area (Å²) in [5.74, 6) is 1.48. The Labute approximate surface area is 111 Å². The maximum Gasteiger partial charge on any atom is 0.212 e. The van der Waals surface area contributed by atoms with Crippen molar-refractivity contribution in [2.75, 3.05) is 13.7 Å². The maximum absolute atomic E-state index is 5.04. The second-order valence-electron chi connectivity index (χ2n) is 4.76. The molecule has 0 aliphatic carbocycles. The van der Waals surface area contributed by atoms with Crippen molar-refractivity contribution in [2.45, 2.75) is 46.1 Å². The molecule has 0 radical (unpaired) electrons. The van der Waals surface area contributed by atoms with E-state index in [9.17, 15) is 0 Å². The Bertz CT molecular complexity index is 311. The molecule has 0 bridgehead atoms. The fourth-order valence-corrected chi connectivity index (χ4v) is 2.00. The van der Waals surface area contributed by atoms with E-state index >= 15 is 0 Å². The Hall–Kier alpha value is -1.09. The Morgan fingerprint density at radius 1 is 1.33 bits per heavy atom. The van der Waals surface area contributed by atoms with Crippen LogP contribution in [0.3, 0.4) is 0 Å². The number of ether oxygens (including phenoxy) is 1. The van der Waals surface area contributed by atoms with Crippen molar-refractivity contribution in [1.29, 1.82) is 0 Å². The molecule has 1 aromatic rings. The summed E-state index contributed by atoms with van der Waals surface area (Å²) in [6, 6.07) is 3.97. The first kappa shape index (κ1) is 15.0. The third kappa shape index (κ3) is 5.50. The van der Waals surface area contributed by atoms with Gasteiger partial charge in [-0.05, 0) is 24.4 Å². The number of pyridine rings is 1. The van der Waals surface area contributed by atoms with Gasteiger partial charge in [-0.3, -0.25) is 0 Å². The van der Waals surface area contributed by atoms with Crippen LogP contribution in [0.5, 0.6) is 5.88 Å². The number of nitrogens with one attached hydrogen (secondary N) is 1. The summed E-state index contributed by atoms with van der Waals surface area (Å²) in [5.41, 5.74) is 1.21. The number of nitrogens with zero attached hydrogens (tertiary/aromatic N) is 1. The number of unbranched alkanes of at least 4 members (excludes halogenated alkanes) is 1. The molecule has 1 N–H and O–H groups in total. The van der Waals surface area contributed by atoms with Crippen molar-refractivity contribution in [3.8, 4) is 5.88 Å². The monoisotopic (exact) mass is 250 g/mol. The standard InChI is InChI=1S/C15H26N2O/c1-4-6-7-13(5-2)10-16-11-14-8-9-15(18-3)17-12-14/h8-9,12-13,16H,4-7,10-11H2,1-3H3.